The van der Waals surface area contributed by atoms with Crippen LogP contribution in [0.4, 0.5) is 4.39 Å². The molecule has 0 saturated heterocycles. The fourth-order valence-corrected chi connectivity index (χ4v) is 1.24. The first-order valence-corrected chi connectivity index (χ1v) is 3.58. The molecule has 1 nitrogen and oxygen atoms in total. The number of hydrogen-bond acceptors (Lipinski definition) is 1. The van der Waals surface area contributed by atoms with E-state index in [0.29, 0.717) is 12.8 Å². The lowest BCUT2D eigenvalue weighted by molar-refractivity contribution is 0.164. The first-order valence-electron chi connectivity index (χ1n) is 3.58. The van der Waals surface area contributed by atoms with E-state index in [2.05, 4.69) is 5.92 Å². The maximum atomic E-state index is 13.2. The van der Waals surface area contributed by atoms with Gasteiger partial charge in [-0.05, 0) is 25.7 Å². The average Bonchev–Trinajstić information content (AvgIpc) is 1.96. The van der Waals surface area contributed by atoms with Crippen molar-refractivity contribution in [3.8, 4) is 12.3 Å². The maximum Gasteiger partial charge on any atom is 0.170 e. The second-order valence-electron chi connectivity index (χ2n) is 2.95. The van der Waals surface area contributed by atoms with Gasteiger partial charge in [0.15, 0.2) is 5.67 Å². The van der Waals surface area contributed by atoms with Crippen molar-refractivity contribution in [2.45, 2.75) is 37.4 Å². The van der Waals surface area contributed by atoms with Crippen LogP contribution in [-0.2, 0) is 0 Å². The molecular formula is C8H12FN. The Bertz CT molecular complexity index is 151. The van der Waals surface area contributed by atoms with Crippen LogP contribution in [-0.4, -0.2) is 11.7 Å². The lowest BCUT2D eigenvalue weighted by Gasteiger charge is -2.27. The Morgan fingerprint density at radius 3 is 2.40 bits per heavy atom. The molecule has 1 aliphatic rings. The number of hydrogen-bond donors (Lipinski definition) is 1. The fraction of sp³-hybridized carbons (Fsp3) is 0.750. The number of rotatable bonds is 0. The third kappa shape index (κ3) is 1.48. The van der Waals surface area contributed by atoms with E-state index < -0.39 is 5.67 Å². The standard InChI is InChI=1S/C8H12FN/c1-2-8(9)5-3-7(10)4-6-8/h1,7H,3-6,10H2. The molecule has 56 valence electrons. The van der Waals surface area contributed by atoms with Crippen LogP contribution < -0.4 is 5.73 Å². The predicted molar refractivity (Wildman–Crippen MR) is 39.1 cm³/mol. The average molecular weight is 141 g/mol. The molecule has 1 rings (SSSR count). The minimum absolute atomic E-state index is 0.164. The predicted octanol–water partition coefficient (Wildman–Crippen LogP) is 1.23. The summed E-state index contributed by atoms with van der Waals surface area (Å²) in [7, 11) is 0. The minimum Gasteiger partial charge on any atom is -0.328 e. The Balaban J connectivity index is 2.48. The van der Waals surface area contributed by atoms with E-state index in [-0.39, 0.29) is 6.04 Å². The van der Waals surface area contributed by atoms with Gasteiger partial charge in [0.25, 0.3) is 0 Å². The van der Waals surface area contributed by atoms with Crippen molar-refractivity contribution in [3.05, 3.63) is 0 Å². The van der Waals surface area contributed by atoms with Crippen molar-refractivity contribution in [1.29, 1.82) is 0 Å². The fourth-order valence-electron chi connectivity index (χ4n) is 1.24. The lowest BCUT2D eigenvalue weighted by Crippen LogP contribution is -2.34. The zero-order valence-corrected chi connectivity index (χ0v) is 5.94. The maximum absolute atomic E-state index is 13.2. The zero-order valence-electron chi connectivity index (χ0n) is 5.94. The Morgan fingerprint density at radius 2 is 2.00 bits per heavy atom. The molecule has 0 radical (unpaired) electrons. The third-order valence-corrected chi connectivity index (χ3v) is 2.08. The van der Waals surface area contributed by atoms with Gasteiger partial charge in [-0.3, -0.25) is 0 Å². The van der Waals surface area contributed by atoms with Gasteiger partial charge in [-0.15, -0.1) is 6.42 Å². The quantitative estimate of drug-likeness (QED) is 0.504. The molecular weight excluding hydrogens is 129 g/mol. The summed E-state index contributed by atoms with van der Waals surface area (Å²) >= 11 is 0. The van der Waals surface area contributed by atoms with Gasteiger partial charge in [-0.1, -0.05) is 5.92 Å². The third-order valence-electron chi connectivity index (χ3n) is 2.08. The summed E-state index contributed by atoms with van der Waals surface area (Å²) in [5.41, 5.74) is 4.22. The Kier molecular flexibility index (Phi) is 1.96. The highest BCUT2D eigenvalue weighted by Crippen LogP contribution is 2.30. The SMILES string of the molecule is C#CC1(F)CCC(N)CC1. The van der Waals surface area contributed by atoms with Gasteiger partial charge in [0.05, 0.1) is 0 Å². The van der Waals surface area contributed by atoms with Gasteiger partial charge in [0.1, 0.15) is 0 Å². The summed E-state index contributed by atoms with van der Waals surface area (Å²) in [5, 5.41) is 0. The van der Waals surface area contributed by atoms with E-state index in [1.807, 2.05) is 0 Å². The summed E-state index contributed by atoms with van der Waals surface area (Å²) in [6.45, 7) is 0. The van der Waals surface area contributed by atoms with E-state index in [9.17, 15) is 4.39 Å². The number of halogens is 1. The van der Waals surface area contributed by atoms with Crippen LogP contribution in [0.3, 0.4) is 0 Å². The molecule has 0 amide bonds. The minimum atomic E-state index is -1.35. The molecule has 10 heavy (non-hydrogen) atoms. The van der Waals surface area contributed by atoms with Crippen LogP contribution in [0.5, 0.6) is 0 Å². The van der Waals surface area contributed by atoms with Crippen molar-refractivity contribution in [2.75, 3.05) is 0 Å². The molecule has 0 bridgehead atoms. The molecule has 0 aromatic heterocycles. The molecule has 0 aliphatic heterocycles. The van der Waals surface area contributed by atoms with Crippen molar-refractivity contribution in [1.82, 2.24) is 0 Å². The highest BCUT2D eigenvalue weighted by Gasteiger charge is 2.31. The van der Waals surface area contributed by atoms with Crippen LogP contribution in [0.25, 0.3) is 0 Å². The Morgan fingerprint density at radius 1 is 1.50 bits per heavy atom. The van der Waals surface area contributed by atoms with Crippen molar-refractivity contribution in [2.24, 2.45) is 5.73 Å². The lowest BCUT2D eigenvalue weighted by atomic mass is 9.85. The first-order chi connectivity index (χ1) is 4.66. The molecule has 2 N–H and O–H groups in total. The van der Waals surface area contributed by atoms with Crippen molar-refractivity contribution in [3.63, 3.8) is 0 Å². The highest BCUT2D eigenvalue weighted by molar-refractivity contribution is 5.09. The molecule has 2 heteroatoms. The Hall–Kier alpha value is -0.550. The summed E-state index contributed by atoms with van der Waals surface area (Å²) in [6.07, 6.45) is 7.33. The molecule has 0 aromatic rings. The van der Waals surface area contributed by atoms with Crippen molar-refractivity contribution < 1.29 is 4.39 Å². The van der Waals surface area contributed by atoms with E-state index in [1.54, 1.807) is 0 Å². The molecule has 0 aromatic carbocycles. The first kappa shape index (κ1) is 7.56. The number of terminal acetylenes is 1. The van der Waals surface area contributed by atoms with Crippen LogP contribution >= 0.6 is 0 Å². The summed E-state index contributed by atoms with van der Waals surface area (Å²) in [5.74, 6) is 2.18. The van der Waals surface area contributed by atoms with Gasteiger partial charge in [-0.25, -0.2) is 4.39 Å². The molecule has 0 heterocycles. The molecule has 0 atom stereocenters. The zero-order chi connectivity index (χ0) is 7.61. The van der Waals surface area contributed by atoms with Gasteiger partial charge in [0.2, 0.25) is 0 Å². The normalized spacial score (nSPS) is 40.7. The van der Waals surface area contributed by atoms with E-state index in [1.165, 1.54) is 0 Å². The second kappa shape index (κ2) is 2.59. The van der Waals surface area contributed by atoms with Crippen LogP contribution in [0.1, 0.15) is 25.7 Å². The number of alkyl halides is 1. The summed E-state index contributed by atoms with van der Waals surface area (Å²) < 4.78 is 13.2. The van der Waals surface area contributed by atoms with Crippen LogP contribution in [0, 0.1) is 12.3 Å². The van der Waals surface area contributed by atoms with Crippen molar-refractivity contribution >= 4 is 0 Å². The largest absolute Gasteiger partial charge is 0.328 e. The molecule has 1 aliphatic carbocycles. The molecule has 0 unspecified atom stereocenters. The number of nitrogens with two attached hydrogens (primary N) is 1. The van der Waals surface area contributed by atoms with Gasteiger partial charge < -0.3 is 5.73 Å². The smallest absolute Gasteiger partial charge is 0.170 e. The van der Waals surface area contributed by atoms with Crippen LogP contribution in [0.15, 0.2) is 0 Å². The molecule has 0 spiro atoms. The molecule has 1 fully saturated rings. The van der Waals surface area contributed by atoms with E-state index in [0.717, 1.165) is 12.8 Å². The van der Waals surface area contributed by atoms with E-state index in [4.69, 9.17) is 12.2 Å². The molecule has 1 saturated carbocycles. The van der Waals surface area contributed by atoms with Gasteiger partial charge in [0, 0.05) is 6.04 Å². The monoisotopic (exact) mass is 141 g/mol. The van der Waals surface area contributed by atoms with Crippen LogP contribution in [0.2, 0.25) is 0 Å². The summed E-state index contributed by atoms with van der Waals surface area (Å²) in [4.78, 5) is 0. The second-order valence-corrected chi connectivity index (χ2v) is 2.95. The van der Waals surface area contributed by atoms with Gasteiger partial charge in [-0.2, -0.15) is 0 Å². The van der Waals surface area contributed by atoms with Gasteiger partial charge >= 0.3 is 0 Å². The highest BCUT2D eigenvalue weighted by atomic mass is 19.1. The summed E-state index contributed by atoms with van der Waals surface area (Å²) in [6, 6.07) is 0.164. The topological polar surface area (TPSA) is 26.0 Å². The van der Waals surface area contributed by atoms with E-state index >= 15 is 0 Å². The Labute approximate surface area is 60.8 Å².